The number of hydrogen-bond acceptors (Lipinski definition) is 5. The van der Waals surface area contributed by atoms with E-state index in [1.54, 1.807) is 19.4 Å². The van der Waals surface area contributed by atoms with Gasteiger partial charge in [-0.3, -0.25) is 4.79 Å². The summed E-state index contributed by atoms with van der Waals surface area (Å²) in [6, 6.07) is 11.1. The van der Waals surface area contributed by atoms with Crippen molar-refractivity contribution >= 4 is 30.7 Å². The lowest BCUT2D eigenvalue weighted by Crippen LogP contribution is -2.40. The van der Waals surface area contributed by atoms with Gasteiger partial charge in [0.2, 0.25) is 11.8 Å². The predicted octanol–water partition coefficient (Wildman–Crippen LogP) is 3.34. The van der Waals surface area contributed by atoms with Crippen LogP contribution >= 0.6 is 24.8 Å². The summed E-state index contributed by atoms with van der Waals surface area (Å²) >= 11 is 0. The van der Waals surface area contributed by atoms with Crippen LogP contribution in [0.25, 0.3) is 0 Å². The Morgan fingerprint density at radius 2 is 2.07 bits per heavy atom. The van der Waals surface area contributed by atoms with Gasteiger partial charge in [0.15, 0.2) is 0 Å². The van der Waals surface area contributed by atoms with Gasteiger partial charge in [0.1, 0.15) is 11.5 Å². The van der Waals surface area contributed by atoms with Crippen LogP contribution in [0, 0.1) is 5.92 Å². The van der Waals surface area contributed by atoms with E-state index in [-0.39, 0.29) is 36.6 Å². The van der Waals surface area contributed by atoms with Gasteiger partial charge in [-0.2, -0.15) is 0 Å². The smallest absolute Gasteiger partial charge is 0.224 e. The fraction of sp³-hybridized carbons (Fsp3) is 0.368. The number of benzene rings is 1. The summed E-state index contributed by atoms with van der Waals surface area (Å²) in [7, 11) is 1.61. The van der Waals surface area contributed by atoms with Crippen molar-refractivity contribution in [3.63, 3.8) is 0 Å². The van der Waals surface area contributed by atoms with E-state index in [1.807, 2.05) is 30.3 Å². The van der Waals surface area contributed by atoms with E-state index in [2.05, 4.69) is 15.6 Å². The lowest BCUT2D eigenvalue weighted by molar-refractivity contribution is -0.125. The maximum Gasteiger partial charge on any atom is 0.224 e. The minimum absolute atomic E-state index is 0. The highest BCUT2D eigenvalue weighted by Gasteiger charge is 2.20. The van der Waals surface area contributed by atoms with Crippen molar-refractivity contribution < 1.29 is 14.3 Å². The highest BCUT2D eigenvalue weighted by molar-refractivity contribution is 5.85. The number of carbonyl (C=O) groups excluding carboxylic acids is 1. The van der Waals surface area contributed by atoms with E-state index in [0.29, 0.717) is 23.9 Å². The quantitative estimate of drug-likeness (QED) is 0.759. The molecule has 3 rings (SSSR count). The van der Waals surface area contributed by atoms with Gasteiger partial charge in [-0.25, -0.2) is 4.98 Å². The number of nitrogens with one attached hydrogen (secondary N) is 2. The summed E-state index contributed by atoms with van der Waals surface area (Å²) in [5.41, 5.74) is 0.836. The molecule has 0 saturated carbocycles. The molecule has 0 radical (unpaired) electrons. The molecule has 2 N–H and O–H groups in total. The zero-order chi connectivity index (χ0) is 17.5. The Labute approximate surface area is 171 Å². The third-order valence-electron chi connectivity index (χ3n) is 4.23. The van der Waals surface area contributed by atoms with E-state index in [9.17, 15) is 4.79 Å². The lowest BCUT2D eigenvalue weighted by Gasteiger charge is -2.22. The molecule has 1 amide bonds. The van der Waals surface area contributed by atoms with Crippen molar-refractivity contribution in [3.8, 4) is 17.4 Å². The maximum absolute atomic E-state index is 12.3. The average Bonchev–Trinajstić information content (AvgIpc) is 2.68. The van der Waals surface area contributed by atoms with Crippen LogP contribution in [0.5, 0.6) is 17.4 Å². The zero-order valence-corrected chi connectivity index (χ0v) is 16.8. The van der Waals surface area contributed by atoms with Crippen LogP contribution in [0.4, 0.5) is 0 Å². The summed E-state index contributed by atoms with van der Waals surface area (Å²) in [5, 5.41) is 6.25. The second-order valence-corrected chi connectivity index (χ2v) is 6.01. The van der Waals surface area contributed by atoms with Crippen LogP contribution in [0.3, 0.4) is 0 Å². The molecule has 1 aliphatic heterocycles. The van der Waals surface area contributed by atoms with E-state index in [4.69, 9.17) is 9.47 Å². The number of hydrogen-bond donors (Lipinski definition) is 2. The van der Waals surface area contributed by atoms with Gasteiger partial charge in [0, 0.05) is 30.9 Å². The monoisotopic (exact) mass is 413 g/mol. The molecule has 1 unspecified atom stereocenters. The molecule has 2 aromatic rings. The Morgan fingerprint density at radius 3 is 2.81 bits per heavy atom. The topological polar surface area (TPSA) is 72.5 Å². The number of halogens is 2. The number of ether oxygens (including phenoxy) is 2. The molecule has 1 saturated heterocycles. The van der Waals surface area contributed by atoms with Crippen LogP contribution in [0.1, 0.15) is 18.4 Å². The van der Waals surface area contributed by atoms with Gasteiger partial charge < -0.3 is 20.1 Å². The van der Waals surface area contributed by atoms with Crippen LogP contribution in [-0.2, 0) is 11.3 Å². The molecule has 1 aliphatic rings. The summed E-state index contributed by atoms with van der Waals surface area (Å²) in [4.78, 5) is 16.6. The third-order valence-corrected chi connectivity index (χ3v) is 4.23. The highest BCUT2D eigenvalue weighted by atomic mass is 35.5. The summed E-state index contributed by atoms with van der Waals surface area (Å²) in [6.07, 6.45) is 3.64. The van der Waals surface area contributed by atoms with Crippen LogP contribution in [0.2, 0.25) is 0 Å². The number of nitrogens with zero attached hydrogens (tertiary/aromatic N) is 1. The van der Waals surface area contributed by atoms with Crippen LogP contribution in [-0.4, -0.2) is 31.1 Å². The second kappa shape index (κ2) is 11.6. The first-order valence-corrected chi connectivity index (χ1v) is 8.50. The number of amides is 1. The SMILES string of the molecule is COc1cccc(Oc2ncccc2CNC(=O)C2CCCNC2)c1.Cl.Cl. The molecule has 0 bridgehead atoms. The number of pyridine rings is 1. The number of aromatic nitrogens is 1. The average molecular weight is 414 g/mol. The molecular formula is C19H25Cl2N3O3. The largest absolute Gasteiger partial charge is 0.497 e. The first-order chi connectivity index (χ1) is 12.3. The Kier molecular flexibility index (Phi) is 9.93. The molecule has 148 valence electrons. The second-order valence-electron chi connectivity index (χ2n) is 6.01. The Morgan fingerprint density at radius 1 is 1.26 bits per heavy atom. The lowest BCUT2D eigenvalue weighted by atomic mass is 9.99. The standard InChI is InChI=1S/C19H23N3O3.2ClH/c1-24-16-7-2-8-17(11-16)25-19-15(6-4-10-21-19)13-22-18(23)14-5-3-9-20-12-14;;/h2,4,6-8,10-11,14,20H,3,5,9,12-13H2,1H3,(H,22,23);2*1H. The Balaban J connectivity index is 0.00000182. The van der Waals surface area contributed by atoms with Crippen molar-refractivity contribution in [2.24, 2.45) is 5.92 Å². The molecular weight excluding hydrogens is 389 g/mol. The van der Waals surface area contributed by atoms with Gasteiger partial charge in [-0.15, -0.1) is 24.8 Å². The minimum atomic E-state index is 0. The van der Waals surface area contributed by atoms with Crippen molar-refractivity contribution in [2.75, 3.05) is 20.2 Å². The van der Waals surface area contributed by atoms with Crippen molar-refractivity contribution in [1.29, 1.82) is 0 Å². The molecule has 8 heteroatoms. The first kappa shape index (κ1) is 23.0. The molecule has 1 fully saturated rings. The molecule has 1 atom stereocenters. The zero-order valence-electron chi connectivity index (χ0n) is 15.1. The van der Waals surface area contributed by atoms with Crippen molar-refractivity contribution in [3.05, 3.63) is 48.2 Å². The van der Waals surface area contributed by atoms with Crippen molar-refractivity contribution in [2.45, 2.75) is 19.4 Å². The van der Waals surface area contributed by atoms with E-state index < -0.39 is 0 Å². The number of carbonyl (C=O) groups is 1. The highest BCUT2D eigenvalue weighted by Crippen LogP contribution is 2.26. The van der Waals surface area contributed by atoms with E-state index in [0.717, 1.165) is 31.5 Å². The van der Waals surface area contributed by atoms with Gasteiger partial charge in [-0.05, 0) is 37.6 Å². The summed E-state index contributed by atoms with van der Waals surface area (Å²) in [6.45, 7) is 2.12. The van der Waals surface area contributed by atoms with Gasteiger partial charge in [0.25, 0.3) is 0 Å². The number of methoxy groups -OCH3 is 1. The van der Waals surface area contributed by atoms with E-state index in [1.165, 1.54) is 0 Å². The minimum Gasteiger partial charge on any atom is -0.497 e. The molecule has 0 spiro atoms. The van der Waals surface area contributed by atoms with E-state index >= 15 is 0 Å². The molecule has 6 nitrogen and oxygen atoms in total. The molecule has 1 aromatic heterocycles. The van der Waals surface area contributed by atoms with Gasteiger partial charge in [0.05, 0.1) is 13.0 Å². The normalized spacial score (nSPS) is 15.7. The molecule has 0 aliphatic carbocycles. The van der Waals surface area contributed by atoms with Crippen molar-refractivity contribution in [1.82, 2.24) is 15.6 Å². The predicted molar refractivity (Wildman–Crippen MR) is 109 cm³/mol. The molecule has 2 heterocycles. The van der Waals surface area contributed by atoms with Gasteiger partial charge >= 0.3 is 0 Å². The molecule has 27 heavy (non-hydrogen) atoms. The fourth-order valence-electron chi connectivity index (χ4n) is 2.83. The van der Waals surface area contributed by atoms with Gasteiger partial charge in [-0.1, -0.05) is 12.1 Å². The number of piperidine rings is 1. The van der Waals surface area contributed by atoms with Crippen LogP contribution < -0.4 is 20.1 Å². The fourth-order valence-corrected chi connectivity index (χ4v) is 2.83. The summed E-state index contributed by atoms with van der Waals surface area (Å²) in [5.74, 6) is 1.95. The van der Waals surface area contributed by atoms with Crippen LogP contribution in [0.15, 0.2) is 42.6 Å². The number of rotatable bonds is 6. The maximum atomic E-state index is 12.3. The Hall–Kier alpha value is -2.02. The Bertz CT molecular complexity index is 725. The third kappa shape index (κ3) is 6.57. The first-order valence-electron chi connectivity index (χ1n) is 8.50. The summed E-state index contributed by atoms with van der Waals surface area (Å²) < 4.78 is 11.1. The molecule has 1 aromatic carbocycles.